The van der Waals surface area contributed by atoms with Gasteiger partial charge in [-0.1, -0.05) is 55.1 Å². The fourth-order valence-corrected chi connectivity index (χ4v) is 7.60. The van der Waals surface area contributed by atoms with E-state index in [4.69, 9.17) is 4.74 Å². The van der Waals surface area contributed by atoms with Crippen LogP contribution in [0.25, 0.3) is 0 Å². The minimum atomic E-state index is -3.36. The Morgan fingerprint density at radius 2 is 1.68 bits per heavy atom. The minimum Gasteiger partial charge on any atom is -0.360 e. The van der Waals surface area contributed by atoms with Gasteiger partial charge < -0.3 is 4.74 Å². The Morgan fingerprint density at radius 1 is 1.04 bits per heavy atom. The Bertz CT molecular complexity index is 836. The fraction of sp³-hybridized carbons (Fsp3) is 0.400. The van der Waals surface area contributed by atoms with Gasteiger partial charge in [-0.3, -0.25) is 0 Å². The molecule has 132 valence electrons. The lowest BCUT2D eigenvalue weighted by atomic mass is 9.97. The van der Waals surface area contributed by atoms with Crippen molar-refractivity contribution in [2.24, 2.45) is 5.92 Å². The van der Waals surface area contributed by atoms with Crippen molar-refractivity contribution < 1.29 is 13.2 Å². The molecule has 4 atom stereocenters. The van der Waals surface area contributed by atoms with Gasteiger partial charge in [-0.25, -0.2) is 8.42 Å². The maximum Gasteiger partial charge on any atom is 0.181 e. The Hall–Kier alpha value is -1.30. The zero-order chi connectivity index (χ0) is 17.5. The second-order valence-corrected chi connectivity index (χ2v) is 10.6. The van der Waals surface area contributed by atoms with Gasteiger partial charge in [0.15, 0.2) is 9.84 Å². The van der Waals surface area contributed by atoms with Crippen molar-refractivity contribution in [3.05, 3.63) is 60.7 Å². The summed E-state index contributed by atoms with van der Waals surface area (Å²) in [6.45, 7) is 2.03. The molecule has 5 heteroatoms. The summed E-state index contributed by atoms with van der Waals surface area (Å²) in [6.07, 6.45) is 2.40. The third kappa shape index (κ3) is 3.14. The molecule has 2 aromatic rings. The highest BCUT2D eigenvalue weighted by molar-refractivity contribution is 8.00. The number of rotatable bonds is 4. The predicted molar refractivity (Wildman–Crippen MR) is 100 cm³/mol. The van der Waals surface area contributed by atoms with Crippen molar-refractivity contribution in [3.8, 4) is 0 Å². The van der Waals surface area contributed by atoms with Crippen LogP contribution in [-0.4, -0.2) is 24.7 Å². The Kier molecular flexibility index (Phi) is 4.42. The molecule has 0 spiro atoms. The normalized spacial score (nSPS) is 31.8. The molecule has 2 bridgehead atoms. The molecule has 2 aromatic carbocycles. The van der Waals surface area contributed by atoms with Gasteiger partial charge in [0.1, 0.15) is 4.93 Å². The van der Waals surface area contributed by atoms with E-state index in [2.05, 4.69) is 12.1 Å². The van der Waals surface area contributed by atoms with Crippen LogP contribution in [0.3, 0.4) is 0 Å². The first-order chi connectivity index (χ1) is 12.0. The zero-order valence-electron chi connectivity index (χ0n) is 14.2. The zero-order valence-corrected chi connectivity index (χ0v) is 15.8. The molecule has 2 aliphatic heterocycles. The van der Waals surface area contributed by atoms with Crippen molar-refractivity contribution >= 4 is 21.6 Å². The van der Waals surface area contributed by atoms with Gasteiger partial charge in [0, 0.05) is 11.3 Å². The Morgan fingerprint density at radius 3 is 2.36 bits per heavy atom. The molecule has 2 aliphatic rings. The number of fused-ring (bicyclic) bond motifs is 2. The van der Waals surface area contributed by atoms with E-state index in [0.717, 1.165) is 17.7 Å². The number of benzene rings is 2. The van der Waals surface area contributed by atoms with E-state index in [1.165, 1.54) is 0 Å². The summed E-state index contributed by atoms with van der Waals surface area (Å²) in [5.74, 6) is 0.0113. The molecule has 0 aliphatic carbocycles. The van der Waals surface area contributed by atoms with Crippen LogP contribution >= 0.6 is 11.8 Å². The molecule has 2 heterocycles. The highest BCUT2D eigenvalue weighted by Gasteiger charge is 2.54. The van der Waals surface area contributed by atoms with Crippen LogP contribution < -0.4 is 0 Å². The van der Waals surface area contributed by atoms with Crippen LogP contribution in [-0.2, 0) is 14.6 Å². The van der Waals surface area contributed by atoms with Crippen molar-refractivity contribution in [1.82, 2.24) is 0 Å². The molecule has 0 radical (unpaired) electrons. The standard InChI is InChI=1S/C20H22O3S2/c1-15-18-12-13-20(23-18,24-16-8-4-2-5-9-16)14-19(15)25(21,22)17-10-6-3-7-11-17/h2-11,15,18-19H,12-14H2,1H3/t15-,18-,19-,20-/m1/s1. The first-order valence-corrected chi connectivity index (χ1v) is 11.1. The van der Waals surface area contributed by atoms with Gasteiger partial charge >= 0.3 is 0 Å². The maximum absolute atomic E-state index is 13.2. The number of thioether (sulfide) groups is 1. The summed E-state index contributed by atoms with van der Waals surface area (Å²) in [5, 5.41) is -0.396. The highest BCUT2D eigenvalue weighted by Crippen LogP contribution is 2.54. The number of hydrogen-bond acceptors (Lipinski definition) is 4. The second kappa shape index (κ2) is 6.45. The van der Waals surface area contributed by atoms with Crippen LogP contribution in [0.15, 0.2) is 70.5 Å². The molecule has 0 aromatic heterocycles. The largest absolute Gasteiger partial charge is 0.360 e. The molecule has 0 saturated carbocycles. The molecule has 3 nitrogen and oxygen atoms in total. The van der Waals surface area contributed by atoms with Crippen molar-refractivity contribution in [2.45, 2.75) is 52.3 Å². The molecule has 0 N–H and O–H groups in total. The molecule has 0 amide bonds. The van der Waals surface area contributed by atoms with Crippen molar-refractivity contribution in [1.29, 1.82) is 0 Å². The lowest BCUT2D eigenvalue weighted by molar-refractivity contribution is -0.0442. The molecule has 4 rings (SSSR count). The molecule has 25 heavy (non-hydrogen) atoms. The van der Waals surface area contributed by atoms with Crippen molar-refractivity contribution in [2.75, 3.05) is 0 Å². The van der Waals surface area contributed by atoms with E-state index in [9.17, 15) is 8.42 Å². The lowest BCUT2D eigenvalue weighted by Crippen LogP contribution is -2.46. The van der Waals surface area contributed by atoms with E-state index >= 15 is 0 Å². The minimum absolute atomic E-state index is 0.0113. The summed E-state index contributed by atoms with van der Waals surface area (Å²) >= 11 is 1.68. The van der Waals surface area contributed by atoms with Crippen LogP contribution in [0.4, 0.5) is 0 Å². The maximum atomic E-state index is 13.2. The van der Waals surface area contributed by atoms with Crippen molar-refractivity contribution in [3.63, 3.8) is 0 Å². The van der Waals surface area contributed by atoms with Crippen LogP contribution in [0.1, 0.15) is 26.2 Å². The molecular weight excluding hydrogens is 352 g/mol. The highest BCUT2D eigenvalue weighted by atomic mass is 32.2. The first kappa shape index (κ1) is 17.1. The summed E-state index contributed by atoms with van der Waals surface area (Å²) in [4.78, 5) is 1.13. The van der Waals surface area contributed by atoms with Crippen LogP contribution in [0, 0.1) is 5.92 Å². The van der Waals surface area contributed by atoms with E-state index in [-0.39, 0.29) is 12.0 Å². The molecular formula is C20H22O3S2. The first-order valence-electron chi connectivity index (χ1n) is 8.71. The van der Waals surface area contributed by atoms with E-state index in [0.29, 0.717) is 11.3 Å². The summed E-state index contributed by atoms with van der Waals surface area (Å²) in [5.41, 5.74) is 0. The average Bonchev–Trinajstić information content (AvgIpc) is 2.99. The van der Waals surface area contributed by atoms with Gasteiger partial charge in [-0.2, -0.15) is 0 Å². The van der Waals surface area contributed by atoms with Crippen LogP contribution in [0.5, 0.6) is 0 Å². The van der Waals surface area contributed by atoms with Gasteiger partial charge in [0.25, 0.3) is 0 Å². The number of sulfone groups is 1. The smallest absolute Gasteiger partial charge is 0.181 e. The van der Waals surface area contributed by atoms with Gasteiger partial charge in [0.05, 0.1) is 16.2 Å². The monoisotopic (exact) mass is 374 g/mol. The number of ether oxygens (including phenoxy) is 1. The fourth-order valence-electron chi connectivity index (χ4n) is 4.01. The third-order valence-corrected chi connectivity index (χ3v) is 9.05. The quantitative estimate of drug-likeness (QED) is 0.788. The Balaban J connectivity index is 1.66. The Labute approximate surface area is 153 Å². The SMILES string of the molecule is C[C@H]1[C@H](S(=O)(=O)c2ccccc2)C[C@]2(Sc3ccccc3)CC[C@H]1O2. The topological polar surface area (TPSA) is 43.4 Å². The van der Waals surface area contributed by atoms with Gasteiger partial charge in [-0.15, -0.1) is 0 Å². The predicted octanol–water partition coefficient (Wildman–Crippen LogP) is 4.54. The summed E-state index contributed by atoms with van der Waals surface area (Å²) in [6, 6.07) is 19.0. The van der Waals surface area contributed by atoms with Crippen LogP contribution in [0.2, 0.25) is 0 Å². The van der Waals surface area contributed by atoms with E-state index in [1.807, 2.05) is 31.2 Å². The van der Waals surface area contributed by atoms with E-state index < -0.39 is 20.0 Å². The number of hydrogen-bond donors (Lipinski definition) is 0. The van der Waals surface area contributed by atoms with Gasteiger partial charge in [0.2, 0.25) is 0 Å². The third-order valence-electron chi connectivity index (χ3n) is 5.38. The summed E-state index contributed by atoms with van der Waals surface area (Å²) in [7, 11) is -3.36. The van der Waals surface area contributed by atoms with E-state index in [1.54, 1.807) is 36.0 Å². The molecule has 0 unspecified atom stereocenters. The second-order valence-electron chi connectivity index (χ2n) is 6.98. The van der Waals surface area contributed by atoms with Gasteiger partial charge in [-0.05, 0) is 43.0 Å². The molecule has 2 saturated heterocycles. The lowest BCUT2D eigenvalue weighted by Gasteiger charge is -2.41. The molecule has 2 fully saturated rings. The average molecular weight is 375 g/mol. The summed E-state index contributed by atoms with van der Waals surface area (Å²) < 4.78 is 32.9.